The van der Waals surface area contributed by atoms with Crippen LogP contribution in [0.5, 0.6) is 0 Å². The average Bonchev–Trinajstić information content (AvgIpc) is 3.55. The van der Waals surface area contributed by atoms with Crippen molar-refractivity contribution in [3.8, 4) is 11.4 Å². The molecule has 308 valence electrons. The zero-order valence-electron chi connectivity index (χ0n) is 36.2. The van der Waals surface area contributed by atoms with Crippen LogP contribution in [0.3, 0.4) is 0 Å². The van der Waals surface area contributed by atoms with E-state index in [1.54, 1.807) is 12.3 Å². The summed E-state index contributed by atoms with van der Waals surface area (Å²) in [5.74, 6) is -1.12. The van der Waals surface area contributed by atoms with Crippen molar-refractivity contribution >= 4 is 34.3 Å². The fraction of sp³-hybridized carbons (Fsp3) is 0.591. The lowest BCUT2D eigenvalue weighted by Gasteiger charge is -2.38. The topological polar surface area (TPSA) is 123 Å². The van der Waals surface area contributed by atoms with Crippen molar-refractivity contribution in [3.05, 3.63) is 76.1 Å². The first-order valence-corrected chi connectivity index (χ1v) is 26.3. The Bertz CT molecular complexity index is 1850. The summed E-state index contributed by atoms with van der Waals surface area (Å²) in [6.07, 6.45) is 6.08. The van der Waals surface area contributed by atoms with E-state index < -0.39 is 22.6 Å². The van der Waals surface area contributed by atoms with E-state index in [1.807, 2.05) is 27.7 Å². The minimum atomic E-state index is -2.10. The number of carboxylic acid groups (broad SMARTS) is 1. The van der Waals surface area contributed by atoms with Gasteiger partial charge in [0.05, 0.1) is 12.2 Å². The number of hydrogen-bond donors (Lipinski definition) is 2. The minimum Gasteiger partial charge on any atom is -0.478 e. The first-order chi connectivity index (χ1) is 26.1. The number of hydrogen-bond acceptors (Lipinski definition) is 7. The van der Waals surface area contributed by atoms with Gasteiger partial charge in [-0.1, -0.05) is 86.4 Å². The van der Waals surface area contributed by atoms with Crippen molar-refractivity contribution in [2.45, 2.75) is 143 Å². The molecular formula is C44H68N4O6Si2. The third-order valence-corrected chi connectivity index (χ3v) is 21.2. The van der Waals surface area contributed by atoms with Gasteiger partial charge in [0, 0.05) is 61.7 Å². The molecule has 1 amide bonds. The van der Waals surface area contributed by atoms with E-state index in [1.165, 1.54) is 12.1 Å². The van der Waals surface area contributed by atoms with Crippen LogP contribution in [0.2, 0.25) is 36.3 Å². The van der Waals surface area contributed by atoms with Crippen LogP contribution in [0.25, 0.3) is 11.4 Å². The van der Waals surface area contributed by atoms with E-state index in [4.69, 9.17) is 13.8 Å². The van der Waals surface area contributed by atoms with Crippen LogP contribution in [0.15, 0.2) is 42.6 Å². The molecule has 1 aliphatic rings. The highest BCUT2D eigenvalue weighted by molar-refractivity contribution is 6.74. The Hall–Kier alpha value is -3.43. The van der Waals surface area contributed by atoms with Crippen molar-refractivity contribution in [2.75, 3.05) is 26.3 Å². The summed E-state index contributed by atoms with van der Waals surface area (Å²) in [5.41, 5.74) is 3.52. The number of benzene rings is 2. The second-order valence-electron chi connectivity index (χ2n) is 18.4. The van der Waals surface area contributed by atoms with Gasteiger partial charge in [-0.3, -0.25) is 9.59 Å². The number of nitrogens with one attached hydrogen (secondary N) is 1. The van der Waals surface area contributed by atoms with E-state index in [9.17, 15) is 19.5 Å². The van der Waals surface area contributed by atoms with Gasteiger partial charge in [0.1, 0.15) is 11.5 Å². The maximum absolute atomic E-state index is 14.9. The van der Waals surface area contributed by atoms with Gasteiger partial charge in [-0.25, -0.2) is 9.78 Å². The van der Waals surface area contributed by atoms with Crippen molar-refractivity contribution in [1.29, 1.82) is 0 Å². The van der Waals surface area contributed by atoms with Crippen molar-refractivity contribution in [2.24, 2.45) is 0 Å². The van der Waals surface area contributed by atoms with Gasteiger partial charge in [-0.15, -0.1) is 0 Å². The molecule has 1 aromatic heterocycles. The molecule has 0 bridgehead atoms. The molecule has 0 spiro atoms. The largest absolute Gasteiger partial charge is 0.478 e. The Balaban J connectivity index is 1.81. The molecule has 10 nitrogen and oxygen atoms in total. The normalized spacial score (nSPS) is 15.1. The van der Waals surface area contributed by atoms with Gasteiger partial charge >= 0.3 is 5.97 Å². The van der Waals surface area contributed by atoms with Crippen molar-refractivity contribution < 1.29 is 28.3 Å². The summed E-state index contributed by atoms with van der Waals surface area (Å²) >= 11 is 0. The quantitative estimate of drug-likeness (QED) is 0.0963. The standard InChI is InChI=1S/C44H68N4O6Si2/c1-13-15-22-47(23-16-14-2)41(50)38-29-48(24-25-53-55(9,10)43(3,4)5)40(46-38)35-21-20-31(42(51)52)26-37(35)39(49)34-19-17-18-32-28-45-33(27-36(32)34)30-54-56(11,12)44(6,7)8/h17-21,26,29,33,45H,13-16,22-25,27-28,30H2,1-12H3,(H,51,52). The number of unbranched alkanes of at least 4 members (excludes halogenated alkanes) is 2. The fourth-order valence-electron chi connectivity index (χ4n) is 6.37. The van der Waals surface area contributed by atoms with Crippen LogP contribution in [-0.2, 0) is 28.4 Å². The predicted molar refractivity (Wildman–Crippen MR) is 231 cm³/mol. The lowest BCUT2D eigenvalue weighted by Crippen LogP contribution is -2.47. The molecule has 2 aromatic carbocycles. The Kier molecular flexibility index (Phi) is 14.9. The van der Waals surface area contributed by atoms with Gasteiger partial charge in [-0.2, -0.15) is 0 Å². The van der Waals surface area contributed by atoms with Crippen molar-refractivity contribution in [3.63, 3.8) is 0 Å². The maximum atomic E-state index is 14.9. The Morgan fingerprint density at radius 1 is 0.911 bits per heavy atom. The van der Waals surface area contributed by atoms with E-state index in [0.717, 1.165) is 36.8 Å². The zero-order chi connectivity index (χ0) is 41.6. The Morgan fingerprint density at radius 2 is 1.54 bits per heavy atom. The number of rotatable bonds is 18. The van der Waals surface area contributed by atoms with Crippen LogP contribution in [0.1, 0.15) is 129 Å². The molecule has 3 aromatic rings. The molecule has 0 fully saturated rings. The molecule has 2 N–H and O–H groups in total. The van der Waals surface area contributed by atoms with Crippen LogP contribution >= 0.6 is 0 Å². The van der Waals surface area contributed by atoms with Crippen LogP contribution < -0.4 is 5.32 Å². The van der Waals surface area contributed by atoms with Gasteiger partial charge in [0.15, 0.2) is 22.4 Å². The Labute approximate surface area is 338 Å². The monoisotopic (exact) mass is 804 g/mol. The number of carbonyl (C=O) groups is 3. The molecule has 0 aliphatic carbocycles. The summed E-state index contributed by atoms with van der Waals surface area (Å²) in [4.78, 5) is 48.3. The number of carboxylic acids is 1. The summed E-state index contributed by atoms with van der Waals surface area (Å²) in [5, 5.41) is 13.8. The third-order valence-electron chi connectivity index (χ3n) is 12.2. The minimum absolute atomic E-state index is 0.00480. The number of fused-ring (bicyclic) bond motifs is 1. The summed E-state index contributed by atoms with van der Waals surface area (Å²) < 4.78 is 15.1. The second kappa shape index (κ2) is 18.4. The predicted octanol–water partition coefficient (Wildman–Crippen LogP) is 9.58. The molecule has 1 unspecified atom stereocenters. The third kappa shape index (κ3) is 10.7. The van der Waals surface area contributed by atoms with Gasteiger partial charge in [0.2, 0.25) is 0 Å². The molecule has 2 heterocycles. The summed E-state index contributed by atoms with van der Waals surface area (Å²) in [7, 11) is -4.10. The van der Waals surface area contributed by atoms with Crippen LogP contribution in [0, 0.1) is 0 Å². The molecule has 0 radical (unpaired) electrons. The maximum Gasteiger partial charge on any atom is 0.335 e. The number of ketones is 1. The molecule has 4 rings (SSSR count). The highest BCUT2D eigenvalue weighted by Gasteiger charge is 2.39. The lowest BCUT2D eigenvalue weighted by molar-refractivity contribution is 0.0695. The van der Waals surface area contributed by atoms with Gasteiger partial charge in [0.25, 0.3) is 5.91 Å². The smallest absolute Gasteiger partial charge is 0.335 e. The fourth-order valence-corrected chi connectivity index (χ4v) is 8.46. The van der Waals surface area contributed by atoms with Crippen LogP contribution in [0.4, 0.5) is 0 Å². The highest BCUT2D eigenvalue weighted by Crippen LogP contribution is 2.38. The summed E-state index contributed by atoms with van der Waals surface area (Å²) in [6.45, 7) is 29.6. The Morgan fingerprint density at radius 3 is 2.12 bits per heavy atom. The molecule has 0 saturated heterocycles. The molecular weight excluding hydrogens is 737 g/mol. The van der Waals surface area contributed by atoms with Gasteiger partial charge in [-0.05, 0) is 84.9 Å². The molecule has 1 atom stereocenters. The van der Waals surface area contributed by atoms with Gasteiger partial charge < -0.3 is 28.7 Å². The van der Waals surface area contributed by atoms with E-state index in [2.05, 4.69) is 86.9 Å². The SMILES string of the molecule is CCCCN(CCCC)C(=O)c1cn(CCO[Si](C)(C)C(C)(C)C)c(-c2ccc(C(=O)O)cc2C(=O)c2cccc3c2CC(CO[Si](C)(C)C(C)(C)C)NC3)n1. The summed E-state index contributed by atoms with van der Waals surface area (Å²) in [6, 6.07) is 10.4. The molecule has 56 heavy (non-hydrogen) atoms. The highest BCUT2D eigenvalue weighted by atomic mass is 28.4. The molecule has 12 heteroatoms. The average molecular weight is 805 g/mol. The lowest BCUT2D eigenvalue weighted by atomic mass is 9.87. The number of aromatic carboxylic acids is 1. The zero-order valence-corrected chi connectivity index (χ0v) is 38.2. The number of nitrogens with zero attached hydrogens (tertiary/aromatic N) is 3. The van der Waals surface area contributed by atoms with E-state index in [0.29, 0.717) is 68.5 Å². The number of carbonyl (C=O) groups excluding carboxylic acids is 2. The number of aromatic nitrogens is 2. The number of imidazole rings is 1. The molecule has 0 saturated carbocycles. The van der Waals surface area contributed by atoms with E-state index >= 15 is 0 Å². The number of amides is 1. The van der Waals surface area contributed by atoms with Crippen LogP contribution in [-0.4, -0.2) is 86.2 Å². The van der Waals surface area contributed by atoms with Crippen molar-refractivity contribution in [1.82, 2.24) is 19.8 Å². The van der Waals surface area contributed by atoms with E-state index in [-0.39, 0.29) is 38.9 Å². The molecule has 1 aliphatic heterocycles. The first-order valence-electron chi connectivity index (χ1n) is 20.5. The second-order valence-corrected chi connectivity index (χ2v) is 28.1. The first kappa shape index (κ1) is 45.3.